The van der Waals surface area contributed by atoms with E-state index >= 15 is 0 Å². The number of halogens is 1. The van der Waals surface area contributed by atoms with Gasteiger partial charge in [0.05, 0.1) is 5.56 Å². The zero-order valence-electron chi connectivity index (χ0n) is 6.63. The maximum atomic E-state index is 12.8. The van der Waals surface area contributed by atoms with Crippen molar-refractivity contribution in [2.45, 2.75) is 0 Å². The highest BCUT2D eigenvalue weighted by Gasteiger charge is 2.01. The van der Waals surface area contributed by atoms with Crippen LogP contribution in [0.5, 0.6) is 0 Å². The molecule has 3 heteroatoms. The molecule has 0 atom stereocenters. The lowest BCUT2D eigenvalue weighted by Crippen LogP contribution is -1.74. The van der Waals surface area contributed by atoms with Gasteiger partial charge in [-0.05, 0) is 24.1 Å². The third kappa shape index (κ3) is 1.23. The second-order valence-electron chi connectivity index (χ2n) is 2.63. The van der Waals surface area contributed by atoms with E-state index in [1.54, 1.807) is 18.4 Å². The number of aromatic amines is 1. The topological polar surface area (TPSA) is 36.0 Å². The number of rotatable bonds is 0. The first-order chi connectivity index (χ1) is 6.31. The summed E-state index contributed by atoms with van der Waals surface area (Å²) in [7, 11) is 0. The van der Waals surface area contributed by atoms with Crippen molar-refractivity contribution in [2.75, 3.05) is 0 Å². The van der Waals surface area contributed by atoms with Crippen molar-refractivity contribution >= 4 is 10.9 Å². The molecule has 2 N–H and O–H groups in total. The van der Waals surface area contributed by atoms with E-state index in [-0.39, 0.29) is 5.82 Å². The van der Waals surface area contributed by atoms with Crippen molar-refractivity contribution < 1.29 is 9.50 Å². The van der Waals surface area contributed by atoms with Crippen LogP contribution in [-0.2, 0) is 0 Å². The summed E-state index contributed by atoms with van der Waals surface area (Å²) in [5.74, 6) is 2.15. The van der Waals surface area contributed by atoms with Gasteiger partial charge in [0.1, 0.15) is 11.9 Å². The van der Waals surface area contributed by atoms with E-state index < -0.39 is 0 Å². The van der Waals surface area contributed by atoms with E-state index in [4.69, 9.17) is 5.11 Å². The first-order valence-corrected chi connectivity index (χ1v) is 3.73. The number of aliphatic hydroxyl groups excluding tert-OH is 1. The highest BCUT2D eigenvalue weighted by molar-refractivity contribution is 5.85. The van der Waals surface area contributed by atoms with Crippen LogP contribution in [0.1, 0.15) is 5.56 Å². The van der Waals surface area contributed by atoms with Crippen LogP contribution in [0.3, 0.4) is 0 Å². The fourth-order valence-electron chi connectivity index (χ4n) is 1.26. The lowest BCUT2D eigenvalue weighted by Gasteiger charge is -1.90. The first kappa shape index (κ1) is 7.69. The normalized spacial score (nSPS) is 9.62. The highest BCUT2D eigenvalue weighted by Crippen LogP contribution is 2.18. The largest absolute Gasteiger partial charge is 0.462 e. The van der Waals surface area contributed by atoms with Crippen LogP contribution in [0.4, 0.5) is 4.39 Å². The molecule has 64 valence electrons. The van der Waals surface area contributed by atoms with E-state index in [1.807, 2.05) is 0 Å². The molecule has 0 spiro atoms. The average Bonchev–Trinajstić information content (AvgIpc) is 2.49. The zero-order valence-corrected chi connectivity index (χ0v) is 6.63. The van der Waals surface area contributed by atoms with Crippen LogP contribution in [-0.4, -0.2) is 10.1 Å². The molecule has 0 radical (unpaired) electrons. The lowest BCUT2D eigenvalue weighted by molar-refractivity contribution is 0.517. The number of fused-ring (bicyclic) bond motifs is 1. The number of nitrogens with one attached hydrogen (secondary N) is 1. The molecule has 0 saturated carbocycles. The average molecular weight is 175 g/mol. The zero-order chi connectivity index (χ0) is 9.26. The Kier molecular flexibility index (Phi) is 1.67. The van der Waals surface area contributed by atoms with Gasteiger partial charge in [-0.2, -0.15) is 0 Å². The second-order valence-corrected chi connectivity index (χ2v) is 2.63. The van der Waals surface area contributed by atoms with Crippen LogP contribution < -0.4 is 0 Å². The first-order valence-electron chi connectivity index (χ1n) is 3.73. The van der Waals surface area contributed by atoms with Gasteiger partial charge in [-0.3, -0.25) is 0 Å². The number of benzene rings is 1. The number of hydrogen-bond acceptors (Lipinski definition) is 1. The Labute approximate surface area is 74.0 Å². The molecule has 0 aliphatic rings. The molecule has 1 aromatic carbocycles. The second kappa shape index (κ2) is 2.83. The van der Waals surface area contributed by atoms with E-state index in [1.165, 1.54) is 12.1 Å². The Hall–Kier alpha value is -1.95. The minimum Gasteiger partial charge on any atom is -0.462 e. The molecule has 2 nitrogen and oxygen atoms in total. The number of aromatic nitrogens is 1. The molecule has 0 aliphatic carbocycles. The van der Waals surface area contributed by atoms with Crippen molar-refractivity contribution in [1.82, 2.24) is 4.98 Å². The highest BCUT2D eigenvalue weighted by atomic mass is 19.1. The third-order valence-corrected chi connectivity index (χ3v) is 1.83. The molecule has 1 heterocycles. The van der Waals surface area contributed by atoms with Gasteiger partial charge in [-0.25, -0.2) is 4.39 Å². The van der Waals surface area contributed by atoms with E-state index in [0.29, 0.717) is 10.9 Å². The number of hydrogen-bond donors (Lipinski definition) is 2. The smallest absolute Gasteiger partial charge is 0.124 e. The molecule has 0 unspecified atom stereocenters. The third-order valence-electron chi connectivity index (χ3n) is 1.83. The maximum Gasteiger partial charge on any atom is 0.124 e. The van der Waals surface area contributed by atoms with Gasteiger partial charge in [0.2, 0.25) is 0 Å². The molecular formula is C10H6FNO. The van der Waals surface area contributed by atoms with Crippen LogP contribution in [0, 0.1) is 17.8 Å². The summed E-state index contributed by atoms with van der Waals surface area (Å²) < 4.78 is 12.8. The van der Waals surface area contributed by atoms with Gasteiger partial charge < -0.3 is 10.1 Å². The standard InChI is InChI=1S/C10H6FNO/c11-8-1-2-10-9(5-8)7(3-4-13)6-12-10/h1-2,5-6,12-13H. The van der Waals surface area contributed by atoms with Crippen molar-refractivity contribution in [2.24, 2.45) is 0 Å². The maximum absolute atomic E-state index is 12.8. The van der Waals surface area contributed by atoms with Gasteiger partial charge in [0.15, 0.2) is 0 Å². The summed E-state index contributed by atoms with van der Waals surface area (Å²) in [6.45, 7) is 0. The summed E-state index contributed by atoms with van der Waals surface area (Å²) in [5, 5.41) is 9.08. The molecular weight excluding hydrogens is 169 g/mol. The Morgan fingerprint density at radius 2 is 2.23 bits per heavy atom. The molecule has 0 fully saturated rings. The van der Waals surface area contributed by atoms with E-state index in [9.17, 15) is 4.39 Å². The monoisotopic (exact) mass is 175 g/mol. The molecule has 0 saturated heterocycles. The fourth-order valence-corrected chi connectivity index (χ4v) is 1.26. The van der Waals surface area contributed by atoms with E-state index in [2.05, 4.69) is 10.9 Å². The van der Waals surface area contributed by atoms with Gasteiger partial charge in [0.25, 0.3) is 0 Å². The Bertz CT molecular complexity index is 504. The van der Waals surface area contributed by atoms with Crippen LogP contribution >= 0.6 is 0 Å². The van der Waals surface area contributed by atoms with Crippen molar-refractivity contribution in [1.29, 1.82) is 0 Å². The molecule has 0 amide bonds. The van der Waals surface area contributed by atoms with Gasteiger partial charge in [-0.1, -0.05) is 0 Å². The minimum atomic E-state index is -0.312. The summed E-state index contributed by atoms with van der Waals surface area (Å²) in [6.07, 6.45) is 3.42. The summed E-state index contributed by atoms with van der Waals surface area (Å²) in [4.78, 5) is 2.92. The molecule has 1 aromatic heterocycles. The van der Waals surface area contributed by atoms with Crippen LogP contribution in [0.15, 0.2) is 24.4 Å². The number of aliphatic hydroxyl groups is 1. The van der Waals surface area contributed by atoms with Crippen molar-refractivity contribution in [3.63, 3.8) is 0 Å². The summed E-state index contributed by atoms with van der Waals surface area (Å²) in [5.41, 5.74) is 1.40. The SMILES string of the molecule is OC#Cc1c[nH]c2ccc(F)cc12. The van der Waals surface area contributed by atoms with Gasteiger partial charge in [-0.15, -0.1) is 0 Å². The minimum absolute atomic E-state index is 0.312. The quantitative estimate of drug-likeness (QED) is 0.590. The van der Waals surface area contributed by atoms with Gasteiger partial charge in [0, 0.05) is 17.1 Å². The number of H-pyrrole nitrogens is 1. The molecule has 2 aromatic rings. The Morgan fingerprint density at radius 3 is 3.00 bits per heavy atom. The van der Waals surface area contributed by atoms with Gasteiger partial charge >= 0.3 is 0 Å². The summed E-state index contributed by atoms with van der Waals surface area (Å²) >= 11 is 0. The fraction of sp³-hybridized carbons (Fsp3) is 0. The lowest BCUT2D eigenvalue weighted by atomic mass is 10.2. The predicted molar refractivity (Wildman–Crippen MR) is 47.1 cm³/mol. The molecule has 2 rings (SSSR count). The molecule has 13 heavy (non-hydrogen) atoms. The molecule has 0 bridgehead atoms. The van der Waals surface area contributed by atoms with Crippen LogP contribution in [0.25, 0.3) is 10.9 Å². The summed E-state index contributed by atoms with van der Waals surface area (Å²) in [6, 6.07) is 4.38. The van der Waals surface area contributed by atoms with Crippen molar-refractivity contribution in [3.8, 4) is 12.0 Å². The Balaban J connectivity index is 2.76. The van der Waals surface area contributed by atoms with E-state index in [0.717, 1.165) is 5.52 Å². The Morgan fingerprint density at radius 1 is 1.38 bits per heavy atom. The van der Waals surface area contributed by atoms with Crippen LogP contribution in [0.2, 0.25) is 0 Å². The molecule has 0 aliphatic heterocycles. The predicted octanol–water partition coefficient (Wildman–Crippen LogP) is 1.99. The van der Waals surface area contributed by atoms with Crippen molar-refractivity contribution in [3.05, 3.63) is 35.8 Å².